The summed E-state index contributed by atoms with van der Waals surface area (Å²) >= 11 is 0. The van der Waals surface area contributed by atoms with Crippen molar-refractivity contribution in [2.24, 2.45) is 5.92 Å². The van der Waals surface area contributed by atoms with Crippen LogP contribution in [0.3, 0.4) is 0 Å². The molecule has 1 saturated carbocycles. The quantitative estimate of drug-likeness (QED) is 0.844. The highest BCUT2D eigenvalue weighted by atomic mass is 16.3. The van der Waals surface area contributed by atoms with Gasteiger partial charge in [0.1, 0.15) is 6.10 Å². The van der Waals surface area contributed by atoms with Crippen molar-refractivity contribution in [2.45, 2.75) is 51.2 Å². The van der Waals surface area contributed by atoms with Crippen molar-refractivity contribution in [3.8, 4) is 0 Å². The number of hydrogen-bond donors (Lipinski definition) is 2. The maximum absolute atomic E-state index is 10.2. The second kappa shape index (κ2) is 5.65. The van der Waals surface area contributed by atoms with E-state index in [9.17, 15) is 10.2 Å². The van der Waals surface area contributed by atoms with Gasteiger partial charge in [-0.15, -0.1) is 0 Å². The van der Waals surface area contributed by atoms with Gasteiger partial charge >= 0.3 is 0 Å². The summed E-state index contributed by atoms with van der Waals surface area (Å²) in [6.07, 6.45) is 4.37. The molecule has 2 unspecified atom stereocenters. The van der Waals surface area contributed by atoms with E-state index in [0.717, 1.165) is 18.4 Å². The van der Waals surface area contributed by atoms with Gasteiger partial charge in [-0.2, -0.15) is 0 Å². The van der Waals surface area contributed by atoms with E-state index in [1.165, 1.54) is 24.8 Å². The lowest BCUT2D eigenvalue weighted by Crippen LogP contribution is -2.29. The Morgan fingerprint density at radius 3 is 2.18 bits per heavy atom. The van der Waals surface area contributed by atoms with E-state index in [1.807, 2.05) is 31.2 Å². The van der Waals surface area contributed by atoms with E-state index in [-0.39, 0.29) is 5.92 Å². The summed E-state index contributed by atoms with van der Waals surface area (Å²) in [5.41, 5.74) is 2.00. The summed E-state index contributed by atoms with van der Waals surface area (Å²) in [7, 11) is 0. The average Bonchev–Trinajstić information content (AvgIpc) is 2.39. The van der Waals surface area contributed by atoms with E-state index in [2.05, 4.69) is 0 Å². The SMILES string of the molecule is Cc1ccc(C(O)C(O)C2CCCCC2)cc1. The molecule has 1 fully saturated rings. The Balaban J connectivity index is 2.02. The van der Waals surface area contributed by atoms with Crippen molar-refractivity contribution >= 4 is 0 Å². The molecule has 0 heterocycles. The highest BCUT2D eigenvalue weighted by Crippen LogP contribution is 2.32. The molecule has 0 saturated heterocycles. The van der Waals surface area contributed by atoms with E-state index < -0.39 is 12.2 Å². The minimum Gasteiger partial charge on any atom is -0.390 e. The Morgan fingerprint density at radius 2 is 1.59 bits per heavy atom. The van der Waals surface area contributed by atoms with Crippen LogP contribution < -0.4 is 0 Å². The van der Waals surface area contributed by atoms with Crippen LogP contribution in [0, 0.1) is 12.8 Å². The molecule has 0 aliphatic heterocycles. The van der Waals surface area contributed by atoms with Gasteiger partial charge in [0.05, 0.1) is 6.10 Å². The van der Waals surface area contributed by atoms with Crippen molar-refractivity contribution in [1.82, 2.24) is 0 Å². The van der Waals surface area contributed by atoms with E-state index in [1.54, 1.807) is 0 Å². The largest absolute Gasteiger partial charge is 0.390 e. The van der Waals surface area contributed by atoms with Crippen molar-refractivity contribution in [2.75, 3.05) is 0 Å². The second-order valence-corrected chi connectivity index (χ2v) is 5.24. The van der Waals surface area contributed by atoms with E-state index >= 15 is 0 Å². The fraction of sp³-hybridized carbons (Fsp3) is 0.600. The van der Waals surface area contributed by atoms with Crippen LogP contribution >= 0.6 is 0 Å². The van der Waals surface area contributed by atoms with Crippen molar-refractivity contribution in [3.63, 3.8) is 0 Å². The monoisotopic (exact) mass is 234 g/mol. The molecule has 94 valence electrons. The Kier molecular flexibility index (Phi) is 4.19. The van der Waals surface area contributed by atoms with Crippen LogP contribution in [-0.2, 0) is 0 Å². The minimum atomic E-state index is -0.737. The predicted molar refractivity (Wildman–Crippen MR) is 68.7 cm³/mol. The summed E-state index contributed by atoms with van der Waals surface area (Å²) in [6.45, 7) is 2.02. The Bertz CT molecular complexity index is 338. The first-order valence-electron chi connectivity index (χ1n) is 6.61. The standard InChI is InChI=1S/C15H22O2/c1-11-7-9-13(10-8-11)15(17)14(16)12-5-3-2-4-6-12/h7-10,12,14-17H,2-6H2,1H3. The zero-order valence-corrected chi connectivity index (χ0v) is 10.5. The maximum atomic E-state index is 10.2. The smallest absolute Gasteiger partial charge is 0.105 e. The minimum absolute atomic E-state index is 0.264. The Labute approximate surface area is 103 Å². The molecule has 2 nitrogen and oxygen atoms in total. The van der Waals surface area contributed by atoms with Crippen LogP contribution in [0.4, 0.5) is 0 Å². The third kappa shape index (κ3) is 3.08. The molecule has 1 aliphatic rings. The summed E-state index contributed by atoms with van der Waals surface area (Å²) in [6, 6.07) is 7.77. The zero-order chi connectivity index (χ0) is 12.3. The molecular weight excluding hydrogens is 212 g/mol. The van der Waals surface area contributed by atoms with Crippen LogP contribution in [0.5, 0.6) is 0 Å². The predicted octanol–water partition coefficient (Wildman–Crippen LogP) is 2.97. The van der Waals surface area contributed by atoms with Crippen molar-refractivity contribution in [1.29, 1.82) is 0 Å². The molecular formula is C15H22O2. The van der Waals surface area contributed by atoms with Crippen LogP contribution in [0.2, 0.25) is 0 Å². The molecule has 1 aromatic rings. The molecule has 0 amide bonds. The van der Waals surface area contributed by atoms with Gasteiger partial charge in [-0.05, 0) is 31.2 Å². The molecule has 2 atom stereocenters. The topological polar surface area (TPSA) is 40.5 Å². The first-order chi connectivity index (χ1) is 8.18. The highest BCUT2D eigenvalue weighted by molar-refractivity contribution is 5.23. The molecule has 2 N–H and O–H groups in total. The van der Waals surface area contributed by atoms with Crippen LogP contribution in [0.1, 0.15) is 49.3 Å². The number of benzene rings is 1. The van der Waals surface area contributed by atoms with E-state index in [4.69, 9.17) is 0 Å². The van der Waals surface area contributed by atoms with Crippen molar-refractivity contribution in [3.05, 3.63) is 35.4 Å². The third-order valence-electron chi connectivity index (χ3n) is 3.88. The van der Waals surface area contributed by atoms with Gasteiger partial charge < -0.3 is 10.2 Å². The van der Waals surface area contributed by atoms with Crippen LogP contribution in [0.25, 0.3) is 0 Å². The first-order valence-corrected chi connectivity index (χ1v) is 6.61. The average molecular weight is 234 g/mol. The molecule has 2 rings (SSSR count). The molecule has 0 spiro atoms. The van der Waals surface area contributed by atoms with Gasteiger partial charge in [-0.1, -0.05) is 49.1 Å². The fourth-order valence-corrected chi connectivity index (χ4v) is 2.69. The molecule has 1 aromatic carbocycles. The summed E-state index contributed by atoms with van der Waals surface area (Å²) < 4.78 is 0. The first kappa shape index (κ1) is 12.6. The van der Waals surface area contributed by atoms with Gasteiger partial charge in [-0.3, -0.25) is 0 Å². The summed E-state index contributed by atoms with van der Waals surface area (Å²) in [5, 5.41) is 20.4. The van der Waals surface area contributed by atoms with Gasteiger partial charge in [0, 0.05) is 0 Å². The van der Waals surface area contributed by atoms with Gasteiger partial charge in [-0.25, -0.2) is 0 Å². The maximum Gasteiger partial charge on any atom is 0.105 e. The lowest BCUT2D eigenvalue weighted by Gasteiger charge is -2.29. The Hall–Kier alpha value is -0.860. The highest BCUT2D eigenvalue weighted by Gasteiger charge is 2.28. The van der Waals surface area contributed by atoms with Crippen molar-refractivity contribution < 1.29 is 10.2 Å². The number of aryl methyl sites for hydroxylation is 1. The van der Waals surface area contributed by atoms with Gasteiger partial charge in [0.15, 0.2) is 0 Å². The molecule has 0 radical (unpaired) electrons. The zero-order valence-electron chi connectivity index (χ0n) is 10.5. The molecule has 0 bridgehead atoms. The number of rotatable bonds is 3. The molecule has 2 heteroatoms. The number of aliphatic hydroxyl groups excluding tert-OH is 2. The van der Waals surface area contributed by atoms with Crippen LogP contribution in [0.15, 0.2) is 24.3 Å². The molecule has 1 aliphatic carbocycles. The summed E-state index contributed by atoms with van der Waals surface area (Å²) in [4.78, 5) is 0. The lowest BCUT2D eigenvalue weighted by atomic mass is 9.82. The Morgan fingerprint density at radius 1 is 1.00 bits per heavy atom. The number of aliphatic hydroxyl groups is 2. The lowest BCUT2D eigenvalue weighted by molar-refractivity contribution is -0.0285. The third-order valence-corrected chi connectivity index (χ3v) is 3.88. The van der Waals surface area contributed by atoms with Crippen LogP contribution in [-0.4, -0.2) is 16.3 Å². The van der Waals surface area contributed by atoms with E-state index in [0.29, 0.717) is 0 Å². The van der Waals surface area contributed by atoms with Gasteiger partial charge in [0.2, 0.25) is 0 Å². The number of hydrogen-bond acceptors (Lipinski definition) is 2. The molecule has 0 aromatic heterocycles. The second-order valence-electron chi connectivity index (χ2n) is 5.24. The fourth-order valence-electron chi connectivity index (χ4n) is 2.69. The normalized spacial score (nSPS) is 21.1. The summed E-state index contributed by atoms with van der Waals surface area (Å²) in [5.74, 6) is 0.264. The van der Waals surface area contributed by atoms with Gasteiger partial charge in [0.25, 0.3) is 0 Å². The molecule has 17 heavy (non-hydrogen) atoms.